The van der Waals surface area contributed by atoms with Crippen molar-refractivity contribution in [3.8, 4) is 0 Å². The highest BCUT2D eigenvalue weighted by Gasteiger charge is 2.38. The van der Waals surface area contributed by atoms with Gasteiger partial charge < -0.3 is 9.80 Å². The van der Waals surface area contributed by atoms with Gasteiger partial charge in [-0.3, -0.25) is 9.10 Å². The molecule has 0 N–H and O–H groups in total. The van der Waals surface area contributed by atoms with Crippen LogP contribution < -0.4 is 9.21 Å². The van der Waals surface area contributed by atoms with Gasteiger partial charge in [0.05, 0.1) is 17.5 Å². The first-order valence-corrected chi connectivity index (χ1v) is 13.6. The van der Waals surface area contributed by atoms with Gasteiger partial charge in [0.25, 0.3) is 5.91 Å². The van der Waals surface area contributed by atoms with E-state index in [-0.39, 0.29) is 17.7 Å². The summed E-state index contributed by atoms with van der Waals surface area (Å²) >= 11 is 0. The molecule has 2 aliphatic heterocycles. The van der Waals surface area contributed by atoms with Crippen molar-refractivity contribution in [2.75, 3.05) is 41.1 Å². The molecule has 8 heteroatoms. The van der Waals surface area contributed by atoms with Crippen LogP contribution in [-0.2, 0) is 10.0 Å². The number of hydrogen-bond donors (Lipinski definition) is 0. The highest BCUT2D eigenvalue weighted by Crippen LogP contribution is 2.38. The molecule has 1 aromatic heterocycles. The molecular weight excluding hydrogens is 460 g/mol. The van der Waals surface area contributed by atoms with E-state index in [0.29, 0.717) is 30.8 Å². The molecule has 1 amide bonds. The third-order valence-electron chi connectivity index (χ3n) is 6.84. The van der Waals surface area contributed by atoms with Crippen LogP contribution in [0.5, 0.6) is 0 Å². The Morgan fingerprint density at radius 2 is 1.63 bits per heavy atom. The largest absolute Gasteiger partial charge is 0.353 e. The third-order valence-corrected chi connectivity index (χ3v) is 8.66. The summed E-state index contributed by atoms with van der Waals surface area (Å²) in [6.45, 7) is 6.79. The number of hydrogen-bond acceptors (Lipinski definition) is 5. The lowest BCUT2D eigenvalue weighted by Crippen LogP contribution is -2.49. The van der Waals surface area contributed by atoms with E-state index in [4.69, 9.17) is 0 Å². The lowest BCUT2D eigenvalue weighted by atomic mass is 10.0. The zero-order valence-corrected chi connectivity index (χ0v) is 20.9. The topological polar surface area (TPSA) is 73.8 Å². The van der Waals surface area contributed by atoms with Crippen LogP contribution in [0.3, 0.4) is 0 Å². The predicted octanol–water partition coefficient (Wildman–Crippen LogP) is 3.94. The molecule has 0 radical (unpaired) electrons. The van der Waals surface area contributed by atoms with Gasteiger partial charge >= 0.3 is 0 Å². The highest BCUT2D eigenvalue weighted by molar-refractivity contribution is 7.93. The number of pyridine rings is 1. The maximum Gasteiger partial charge on any atom is 0.253 e. The van der Waals surface area contributed by atoms with Crippen molar-refractivity contribution in [3.05, 3.63) is 89.1 Å². The summed E-state index contributed by atoms with van der Waals surface area (Å²) in [7, 11) is -3.40. The molecule has 182 valence electrons. The molecule has 2 aliphatic rings. The molecule has 2 fully saturated rings. The molecule has 35 heavy (non-hydrogen) atoms. The molecule has 2 saturated heterocycles. The van der Waals surface area contributed by atoms with E-state index in [1.807, 2.05) is 48.4 Å². The standard InChI is InChI=1S/C27H30N4O3S/c1-20-18-21(2)26(28-19-20)29-13-15-30(16-14-29)27(32)23-8-10-24(11-9-23)31-25(12-17-35(31,33)34)22-6-4-3-5-7-22/h3-11,18-19,25H,12-17H2,1-2H3/t25-/m0/s1. The van der Waals surface area contributed by atoms with Crippen LogP contribution in [0.1, 0.15) is 39.5 Å². The van der Waals surface area contributed by atoms with Crippen molar-refractivity contribution in [2.24, 2.45) is 0 Å². The van der Waals surface area contributed by atoms with E-state index >= 15 is 0 Å². The number of anilines is 2. The monoisotopic (exact) mass is 490 g/mol. The SMILES string of the molecule is Cc1cnc(N2CCN(C(=O)c3ccc(N4[C@H](c5ccccc5)CCS4(=O)=O)cc3)CC2)c(C)c1. The molecule has 0 aliphatic carbocycles. The van der Waals surface area contributed by atoms with Crippen LogP contribution in [0.25, 0.3) is 0 Å². The number of aryl methyl sites for hydroxylation is 2. The number of amides is 1. The Morgan fingerprint density at radius 3 is 2.29 bits per heavy atom. The van der Waals surface area contributed by atoms with Gasteiger partial charge in [0.2, 0.25) is 10.0 Å². The second kappa shape index (κ2) is 9.34. The fourth-order valence-electron chi connectivity index (χ4n) is 5.08. The van der Waals surface area contributed by atoms with Crippen molar-refractivity contribution in [2.45, 2.75) is 26.3 Å². The molecule has 0 unspecified atom stereocenters. The molecular formula is C27H30N4O3S. The number of nitrogens with zero attached hydrogens (tertiary/aromatic N) is 4. The lowest BCUT2D eigenvalue weighted by molar-refractivity contribution is 0.0746. The van der Waals surface area contributed by atoms with E-state index in [1.165, 1.54) is 4.31 Å². The average molecular weight is 491 g/mol. The fourth-order valence-corrected chi connectivity index (χ4v) is 6.86. The van der Waals surface area contributed by atoms with Gasteiger partial charge in [-0.2, -0.15) is 0 Å². The molecule has 2 aromatic carbocycles. The number of aromatic nitrogens is 1. The Bertz CT molecular complexity index is 1320. The molecule has 1 atom stereocenters. The molecule has 3 heterocycles. The summed E-state index contributed by atoms with van der Waals surface area (Å²) in [5.74, 6) is 1.06. The smallest absolute Gasteiger partial charge is 0.253 e. The van der Waals surface area contributed by atoms with Gasteiger partial charge in [0.1, 0.15) is 5.82 Å². The quantitative estimate of drug-likeness (QED) is 0.554. The van der Waals surface area contributed by atoms with Crippen LogP contribution in [0.15, 0.2) is 66.9 Å². The first kappa shape index (κ1) is 23.4. The van der Waals surface area contributed by atoms with E-state index in [9.17, 15) is 13.2 Å². The van der Waals surface area contributed by atoms with E-state index in [0.717, 1.165) is 35.6 Å². The van der Waals surface area contributed by atoms with Crippen LogP contribution in [0.4, 0.5) is 11.5 Å². The third kappa shape index (κ3) is 4.62. The Kier molecular flexibility index (Phi) is 6.23. The molecule has 0 bridgehead atoms. The molecule has 0 spiro atoms. The zero-order chi connectivity index (χ0) is 24.6. The summed E-state index contributed by atoms with van der Waals surface area (Å²) in [6, 6.07) is 18.6. The predicted molar refractivity (Wildman–Crippen MR) is 138 cm³/mol. The van der Waals surface area contributed by atoms with Gasteiger partial charge in [-0.05, 0) is 61.2 Å². The van der Waals surface area contributed by atoms with Crippen molar-refractivity contribution >= 4 is 27.4 Å². The summed E-state index contributed by atoms with van der Waals surface area (Å²) in [4.78, 5) is 21.8. The molecule has 7 nitrogen and oxygen atoms in total. The lowest BCUT2D eigenvalue weighted by Gasteiger charge is -2.36. The minimum atomic E-state index is -3.40. The number of carbonyl (C=O) groups excluding carboxylic acids is 1. The molecule has 3 aromatic rings. The number of sulfonamides is 1. The maximum atomic E-state index is 13.2. The minimum Gasteiger partial charge on any atom is -0.353 e. The second-order valence-corrected chi connectivity index (χ2v) is 11.3. The molecule has 5 rings (SSSR count). The summed E-state index contributed by atoms with van der Waals surface area (Å²) in [6.07, 6.45) is 2.43. The summed E-state index contributed by atoms with van der Waals surface area (Å²) in [5.41, 5.74) is 4.43. The minimum absolute atomic E-state index is 0.0336. The van der Waals surface area contributed by atoms with Crippen LogP contribution in [0, 0.1) is 13.8 Å². The van der Waals surface area contributed by atoms with Gasteiger partial charge in [-0.15, -0.1) is 0 Å². The zero-order valence-electron chi connectivity index (χ0n) is 20.1. The first-order valence-electron chi connectivity index (χ1n) is 12.0. The van der Waals surface area contributed by atoms with Gasteiger partial charge in [0, 0.05) is 37.9 Å². The summed E-state index contributed by atoms with van der Waals surface area (Å²) < 4.78 is 27.2. The Balaban J connectivity index is 1.29. The van der Waals surface area contributed by atoms with E-state index < -0.39 is 10.0 Å². The summed E-state index contributed by atoms with van der Waals surface area (Å²) in [5, 5.41) is 0. The first-order chi connectivity index (χ1) is 16.8. The number of rotatable bonds is 4. The van der Waals surface area contributed by atoms with Crippen molar-refractivity contribution in [1.82, 2.24) is 9.88 Å². The van der Waals surface area contributed by atoms with Crippen molar-refractivity contribution in [3.63, 3.8) is 0 Å². The maximum absolute atomic E-state index is 13.2. The van der Waals surface area contributed by atoms with E-state index in [2.05, 4.69) is 22.9 Å². The molecule has 0 saturated carbocycles. The number of piperazine rings is 1. The normalized spacial score (nSPS) is 19.7. The van der Waals surface area contributed by atoms with E-state index in [1.54, 1.807) is 24.3 Å². The van der Waals surface area contributed by atoms with Crippen LogP contribution in [-0.4, -0.2) is 56.1 Å². The highest BCUT2D eigenvalue weighted by atomic mass is 32.2. The average Bonchev–Trinajstić information content (AvgIpc) is 3.19. The Morgan fingerprint density at radius 1 is 0.943 bits per heavy atom. The van der Waals surface area contributed by atoms with Crippen molar-refractivity contribution < 1.29 is 13.2 Å². The van der Waals surface area contributed by atoms with Gasteiger partial charge in [-0.1, -0.05) is 36.4 Å². The Hall–Kier alpha value is -3.39. The van der Waals surface area contributed by atoms with Crippen LogP contribution >= 0.6 is 0 Å². The van der Waals surface area contributed by atoms with Gasteiger partial charge in [-0.25, -0.2) is 13.4 Å². The van der Waals surface area contributed by atoms with Crippen LogP contribution in [0.2, 0.25) is 0 Å². The fraction of sp³-hybridized carbons (Fsp3) is 0.333. The Labute approximate surface area is 207 Å². The second-order valence-electron chi connectivity index (χ2n) is 9.31. The van der Waals surface area contributed by atoms with Crippen molar-refractivity contribution in [1.29, 1.82) is 0 Å². The van der Waals surface area contributed by atoms with Gasteiger partial charge in [0.15, 0.2) is 0 Å². The number of carbonyl (C=O) groups is 1. The number of benzene rings is 2.